The van der Waals surface area contributed by atoms with Crippen LogP contribution in [0.3, 0.4) is 0 Å². The van der Waals surface area contributed by atoms with E-state index in [-0.39, 0.29) is 5.69 Å². The molecule has 1 aromatic carbocycles. The number of aromatic nitrogens is 1. The van der Waals surface area contributed by atoms with Crippen LogP contribution in [0.4, 0.5) is 5.88 Å². The van der Waals surface area contributed by atoms with E-state index in [1.54, 1.807) is 6.92 Å². The quantitative estimate of drug-likeness (QED) is 0.821. The minimum atomic E-state index is -0.484. The molecule has 0 saturated heterocycles. The number of nitrogens with zero attached hydrogens (tertiary/aromatic N) is 1. The number of hydrogen-bond donors (Lipinski definition) is 1. The highest BCUT2D eigenvalue weighted by atomic mass is 16.5. The van der Waals surface area contributed by atoms with Gasteiger partial charge in [0.05, 0.1) is 6.61 Å². The number of carbonyl (C=O) groups excluding carboxylic acids is 1. The van der Waals surface area contributed by atoms with E-state index in [2.05, 4.69) is 10.3 Å². The number of rotatable bonds is 5. The Kier molecular flexibility index (Phi) is 3.96. The van der Waals surface area contributed by atoms with Gasteiger partial charge in [-0.25, -0.2) is 9.78 Å². The molecule has 0 saturated carbocycles. The lowest BCUT2D eigenvalue weighted by atomic mass is 10.2. The van der Waals surface area contributed by atoms with Crippen LogP contribution in [0.15, 0.2) is 41.1 Å². The molecule has 0 fully saturated rings. The second-order valence-electron chi connectivity index (χ2n) is 3.59. The van der Waals surface area contributed by atoms with Gasteiger partial charge in [0.1, 0.15) is 0 Å². The fraction of sp³-hybridized carbons (Fsp3) is 0.231. The zero-order valence-electron chi connectivity index (χ0n) is 10.1. The molecule has 1 aromatic heterocycles. The monoisotopic (exact) mass is 246 g/mol. The summed E-state index contributed by atoms with van der Waals surface area (Å²) >= 11 is 0. The molecule has 1 heterocycles. The smallest absolute Gasteiger partial charge is 0.362 e. The maximum absolute atomic E-state index is 11.6. The number of hydrogen-bond acceptors (Lipinski definition) is 5. The number of ether oxygens (including phenoxy) is 1. The summed E-state index contributed by atoms with van der Waals surface area (Å²) in [6.45, 7) is 2.61. The molecule has 0 atom stereocenters. The number of anilines is 1. The number of benzene rings is 1. The van der Waals surface area contributed by atoms with E-state index in [0.717, 1.165) is 5.56 Å². The molecule has 94 valence electrons. The van der Waals surface area contributed by atoms with Gasteiger partial charge in [-0.3, -0.25) is 0 Å². The molecule has 5 heteroatoms. The Balaban J connectivity index is 2.02. The number of oxazole rings is 1. The molecule has 0 amide bonds. The average molecular weight is 246 g/mol. The second kappa shape index (κ2) is 5.86. The van der Waals surface area contributed by atoms with E-state index in [4.69, 9.17) is 9.15 Å². The molecular formula is C13H14N2O3. The third kappa shape index (κ3) is 2.88. The zero-order chi connectivity index (χ0) is 12.8. The largest absolute Gasteiger partial charge is 0.461 e. The third-order valence-electron chi connectivity index (χ3n) is 2.33. The van der Waals surface area contributed by atoms with Crippen molar-refractivity contribution in [3.63, 3.8) is 0 Å². The molecule has 1 N–H and O–H groups in total. The molecule has 0 spiro atoms. The molecular weight excluding hydrogens is 232 g/mol. The summed E-state index contributed by atoms with van der Waals surface area (Å²) < 4.78 is 10.0. The lowest BCUT2D eigenvalue weighted by Gasteiger charge is -2.04. The van der Waals surface area contributed by atoms with Crippen molar-refractivity contribution < 1.29 is 13.9 Å². The summed E-state index contributed by atoms with van der Waals surface area (Å²) in [5.74, 6) is -0.154. The Hall–Kier alpha value is -2.30. The highest BCUT2D eigenvalue weighted by Crippen LogP contribution is 2.15. The second-order valence-corrected chi connectivity index (χ2v) is 3.59. The van der Waals surface area contributed by atoms with Crippen LogP contribution in [0, 0.1) is 0 Å². The van der Waals surface area contributed by atoms with E-state index < -0.39 is 5.97 Å². The van der Waals surface area contributed by atoms with Crippen LogP contribution in [0.1, 0.15) is 23.0 Å². The van der Waals surface area contributed by atoms with Crippen LogP contribution >= 0.6 is 0 Å². The topological polar surface area (TPSA) is 64.4 Å². The summed E-state index contributed by atoms with van der Waals surface area (Å²) in [5.41, 5.74) is 1.26. The highest BCUT2D eigenvalue weighted by molar-refractivity contribution is 5.91. The summed E-state index contributed by atoms with van der Waals surface area (Å²) in [6.07, 6.45) is 1.22. The Morgan fingerprint density at radius 3 is 2.89 bits per heavy atom. The van der Waals surface area contributed by atoms with Gasteiger partial charge in [-0.15, -0.1) is 0 Å². The first-order chi connectivity index (χ1) is 8.81. The first kappa shape index (κ1) is 12.2. The summed E-state index contributed by atoms with van der Waals surface area (Å²) in [4.78, 5) is 15.4. The summed E-state index contributed by atoms with van der Waals surface area (Å²) in [7, 11) is 0. The normalized spacial score (nSPS) is 10.1. The van der Waals surface area contributed by atoms with Crippen molar-refractivity contribution in [1.82, 2.24) is 4.98 Å². The molecule has 0 radical (unpaired) electrons. The van der Waals surface area contributed by atoms with Crippen LogP contribution in [0.5, 0.6) is 0 Å². The van der Waals surface area contributed by atoms with Crippen molar-refractivity contribution in [3.8, 4) is 0 Å². The lowest BCUT2D eigenvalue weighted by Crippen LogP contribution is -2.09. The molecule has 0 unspecified atom stereocenters. The maximum Gasteiger partial charge on any atom is 0.362 e. The number of esters is 1. The lowest BCUT2D eigenvalue weighted by molar-refractivity contribution is 0.0521. The first-order valence-corrected chi connectivity index (χ1v) is 5.69. The zero-order valence-corrected chi connectivity index (χ0v) is 10.1. The van der Waals surface area contributed by atoms with Crippen molar-refractivity contribution in [2.24, 2.45) is 0 Å². The van der Waals surface area contributed by atoms with Crippen molar-refractivity contribution in [1.29, 1.82) is 0 Å². The number of nitrogens with one attached hydrogen (secondary N) is 1. The molecule has 5 nitrogen and oxygen atoms in total. The van der Waals surface area contributed by atoms with Gasteiger partial charge in [0.15, 0.2) is 6.39 Å². The van der Waals surface area contributed by atoms with Crippen molar-refractivity contribution in [2.45, 2.75) is 13.5 Å². The molecule has 0 bridgehead atoms. The summed E-state index contributed by atoms with van der Waals surface area (Å²) in [5, 5.41) is 3.02. The van der Waals surface area contributed by atoms with Crippen LogP contribution in [0.2, 0.25) is 0 Å². The Bertz CT molecular complexity index is 508. The predicted molar refractivity (Wildman–Crippen MR) is 66.2 cm³/mol. The van der Waals surface area contributed by atoms with Gasteiger partial charge in [-0.2, -0.15) is 0 Å². The molecule has 0 aliphatic heterocycles. The Morgan fingerprint density at radius 2 is 2.17 bits per heavy atom. The Labute approximate surface area is 105 Å². The van der Waals surface area contributed by atoms with Crippen LogP contribution in [-0.2, 0) is 11.3 Å². The maximum atomic E-state index is 11.6. The van der Waals surface area contributed by atoms with Crippen LogP contribution < -0.4 is 5.32 Å². The Morgan fingerprint density at radius 1 is 1.39 bits per heavy atom. The third-order valence-corrected chi connectivity index (χ3v) is 2.33. The van der Waals surface area contributed by atoms with Gasteiger partial charge in [0, 0.05) is 6.54 Å². The first-order valence-electron chi connectivity index (χ1n) is 5.69. The molecule has 0 aliphatic carbocycles. The van der Waals surface area contributed by atoms with E-state index in [1.807, 2.05) is 30.3 Å². The van der Waals surface area contributed by atoms with Gasteiger partial charge >= 0.3 is 5.97 Å². The standard InChI is InChI=1S/C13H14N2O3/c1-2-17-13(16)11-12(18-9-15-11)14-8-10-6-4-3-5-7-10/h3-7,9,14H,2,8H2,1H3. The fourth-order valence-electron chi connectivity index (χ4n) is 1.49. The highest BCUT2D eigenvalue weighted by Gasteiger charge is 2.17. The minimum absolute atomic E-state index is 0.174. The minimum Gasteiger partial charge on any atom is -0.461 e. The van der Waals surface area contributed by atoms with Crippen molar-refractivity contribution >= 4 is 11.9 Å². The molecule has 2 aromatic rings. The van der Waals surface area contributed by atoms with Crippen LogP contribution in [-0.4, -0.2) is 17.6 Å². The fourth-order valence-corrected chi connectivity index (χ4v) is 1.49. The number of carbonyl (C=O) groups is 1. The molecule has 0 aliphatic rings. The van der Waals surface area contributed by atoms with Gasteiger partial charge < -0.3 is 14.5 Å². The molecule has 18 heavy (non-hydrogen) atoms. The van der Waals surface area contributed by atoms with Crippen molar-refractivity contribution in [3.05, 3.63) is 48.0 Å². The van der Waals surface area contributed by atoms with Crippen LogP contribution in [0.25, 0.3) is 0 Å². The van der Waals surface area contributed by atoms with E-state index in [1.165, 1.54) is 6.39 Å². The van der Waals surface area contributed by atoms with Crippen molar-refractivity contribution in [2.75, 3.05) is 11.9 Å². The van der Waals surface area contributed by atoms with Gasteiger partial charge in [-0.1, -0.05) is 30.3 Å². The predicted octanol–water partition coefficient (Wildman–Crippen LogP) is 2.46. The SMILES string of the molecule is CCOC(=O)c1ncoc1NCc1ccccc1. The van der Waals surface area contributed by atoms with Gasteiger partial charge in [-0.05, 0) is 12.5 Å². The van der Waals surface area contributed by atoms with E-state index in [0.29, 0.717) is 19.0 Å². The average Bonchev–Trinajstić information content (AvgIpc) is 2.86. The summed E-state index contributed by atoms with van der Waals surface area (Å²) in [6, 6.07) is 9.80. The van der Waals surface area contributed by atoms with Gasteiger partial charge in [0.2, 0.25) is 11.6 Å². The van der Waals surface area contributed by atoms with E-state index >= 15 is 0 Å². The van der Waals surface area contributed by atoms with Gasteiger partial charge in [0.25, 0.3) is 0 Å². The molecule has 2 rings (SSSR count). The van der Waals surface area contributed by atoms with E-state index in [9.17, 15) is 4.79 Å².